The van der Waals surface area contributed by atoms with Crippen LogP contribution in [0.4, 0.5) is 0 Å². The summed E-state index contributed by atoms with van der Waals surface area (Å²) in [5.41, 5.74) is 1.10. The summed E-state index contributed by atoms with van der Waals surface area (Å²) in [6.45, 7) is 1.77. The second-order valence-electron chi connectivity index (χ2n) is 10.2. The highest BCUT2D eigenvalue weighted by Gasteiger charge is 2.48. The average molecular weight is 553 g/mol. The molecule has 0 amide bonds. The number of aliphatic hydroxyl groups excluding tert-OH is 1. The molecule has 1 saturated carbocycles. The molecule has 2 N–H and O–H groups in total. The van der Waals surface area contributed by atoms with Crippen molar-refractivity contribution in [3.8, 4) is 0 Å². The van der Waals surface area contributed by atoms with Crippen LogP contribution in [0.1, 0.15) is 47.4 Å². The molecule has 38 heavy (non-hydrogen) atoms. The fourth-order valence-corrected chi connectivity index (χ4v) is 7.64. The third-order valence-corrected chi connectivity index (χ3v) is 9.76. The normalized spacial score (nSPS) is 18.4. The molecule has 8 heteroatoms. The van der Waals surface area contributed by atoms with Gasteiger partial charge in [0.1, 0.15) is 0 Å². The fourth-order valence-electron chi connectivity index (χ4n) is 5.83. The van der Waals surface area contributed by atoms with Gasteiger partial charge in [-0.2, -0.15) is 0 Å². The summed E-state index contributed by atoms with van der Waals surface area (Å²) < 4.78 is 8.69. The number of hydrogen-bond acceptors (Lipinski definition) is 6. The molecule has 4 aromatic rings. The quantitative estimate of drug-likeness (QED) is 0.226. The summed E-state index contributed by atoms with van der Waals surface area (Å²) in [5, 5.41) is 24.9. The van der Waals surface area contributed by atoms with E-state index >= 15 is 0 Å². The molecule has 0 spiro atoms. The first-order chi connectivity index (χ1) is 18.5. The molecule has 0 aliphatic heterocycles. The van der Waals surface area contributed by atoms with Gasteiger partial charge in [-0.3, -0.25) is 0 Å². The van der Waals surface area contributed by atoms with E-state index in [1.54, 1.807) is 0 Å². The summed E-state index contributed by atoms with van der Waals surface area (Å²) in [4.78, 5) is 16.6. The summed E-state index contributed by atoms with van der Waals surface area (Å²) in [7, 11) is 2.21. The Morgan fingerprint density at radius 1 is 1.05 bits per heavy atom. The SMILES string of the molecule is CN(CCCc1cn(CCO)c2ccccc12)C1CCC(OC(C(=O)O)(c2cccs2)c2cccs2)CC1. The largest absolute Gasteiger partial charge is 0.479 e. The van der Waals surface area contributed by atoms with Gasteiger partial charge in [-0.1, -0.05) is 30.3 Å². The number of rotatable bonds is 12. The molecule has 6 nitrogen and oxygen atoms in total. The highest BCUT2D eigenvalue weighted by Crippen LogP contribution is 2.42. The van der Waals surface area contributed by atoms with Gasteiger partial charge in [0.05, 0.1) is 22.5 Å². The van der Waals surface area contributed by atoms with Crippen molar-refractivity contribution >= 4 is 39.5 Å². The van der Waals surface area contributed by atoms with E-state index in [4.69, 9.17) is 4.74 Å². The van der Waals surface area contributed by atoms with Crippen LogP contribution in [0.2, 0.25) is 0 Å². The van der Waals surface area contributed by atoms with Gasteiger partial charge < -0.3 is 24.4 Å². The summed E-state index contributed by atoms with van der Waals surface area (Å²) >= 11 is 2.88. The van der Waals surface area contributed by atoms with E-state index in [1.807, 2.05) is 35.0 Å². The molecule has 0 saturated heterocycles. The second-order valence-corrected chi connectivity index (χ2v) is 12.1. The number of nitrogens with zero attached hydrogens (tertiary/aromatic N) is 2. The maximum atomic E-state index is 12.7. The number of thiophene rings is 2. The highest BCUT2D eigenvalue weighted by molar-refractivity contribution is 7.12. The Bertz CT molecular complexity index is 1270. The van der Waals surface area contributed by atoms with Crippen LogP contribution in [0.3, 0.4) is 0 Å². The molecule has 1 aromatic carbocycles. The van der Waals surface area contributed by atoms with Gasteiger partial charge in [0, 0.05) is 29.7 Å². The monoisotopic (exact) mass is 552 g/mol. The Morgan fingerprint density at radius 2 is 1.74 bits per heavy atom. The van der Waals surface area contributed by atoms with Gasteiger partial charge >= 0.3 is 5.97 Å². The smallest absolute Gasteiger partial charge is 0.347 e. The zero-order valence-electron chi connectivity index (χ0n) is 21.8. The van der Waals surface area contributed by atoms with Gasteiger partial charge in [0.2, 0.25) is 5.60 Å². The number of aliphatic carboxylic acids is 1. The topological polar surface area (TPSA) is 74.9 Å². The van der Waals surface area contributed by atoms with Crippen molar-refractivity contribution < 1.29 is 19.7 Å². The van der Waals surface area contributed by atoms with E-state index in [-0.39, 0.29) is 12.7 Å². The van der Waals surface area contributed by atoms with E-state index in [0.717, 1.165) is 54.8 Å². The minimum atomic E-state index is -1.43. The molecule has 1 fully saturated rings. The molecule has 3 aromatic heterocycles. The van der Waals surface area contributed by atoms with Gasteiger partial charge in [0.15, 0.2) is 0 Å². The zero-order chi connectivity index (χ0) is 26.5. The first kappa shape index (κ1) is 27.1. The summed E-state index contributed by atoms with van der Waals surface area (Å²) in [6, 6.07) is 16.4. The van der Waals surface area contributed by atoms with E-state index < -0.39 is 11.6 Å². The van der Waals surface area contributed by atoms with E-state index in [9.17, 15) is 15.0 Å². The van der Waals surface area contributed by atoms with Gasteiger partial charge in [-0.05, 0) is 86.6 Å². The number of ether oxygens (including phenoxy) is 1. The number of fused-ring (bicyclic) bond motifs is 1. The number of benzene rings is 1. The third-order valence-electron chi connectivity index (χ3n) is 7.82. The van der Waals surface area contributed by atoms with Crippen molar-refractivity contribution in [2.75, 3.05) is 20.2 Å². The maximum absolute atomic E-state index is 12.7. The molecule has 3 heterocycles. The van der Waals surface area contributed by atoms with E-state index in [0.29, 0.717) is 12.6 Å². The minimum Gasteiger partial charge on any atom is -0.479 e. The van der Waals surface area contributed by atoms with Crippen LogP contribution in [0.15, 0.2) is 65.5 Å². The number of aromatic nitrogens is 1. The number of carbonyl (C=O) groups is 1. The molecule has 0 unspecified atom stereocenters. The minimum absolute atomic E-state index is 0.0856. The second kappa shape index (κ2) is 12.1. The van der Waals surface area contributed by atoms with Crippen molar-refractivity contribution in [3.05, 3.63) is 80.8 Å². The Kier molecular flexibility index (Phi) is 8.65. The van der Waals surface area contributed by atoms with Crippen LogP contribution in [0, 0.1) is 0 Å². The standard InChI is InChI=1S/C30H36N2O4S2/c1-31(16-4-7-22-21-32(17-18-33)26-9-3-2-8-25(22)26)23-12-14-24(15-13-23)36-30(29(34)35,27-10-5-19-37-27)28-11-6-20-38-28/h2-3,5-6,8-11,19-21,23-24,33H,4,7,12-18H2,1H3,(H,34,35). The molecule has 5 rings (SSSR count). The predicted octanol–water partition coefficient (Wildman–Crippen LogP) is 5.98. The van der Waals surface area contributed by atoms with Gasteiger partial charge in [-0.25, -0.2) is 4.79 Å². The molecule has 0 radical (unpaired) electrons. The highest BCUT2D eigenvalue weighted by atomic mass is 32.1. The van der Waals surface area contributed by atoms with Gasteiger partial charge in [0.25, 0.3) is 0 Å². The lowest BCUT2D eigenvalue weighted by atomic mass is 9.90. The average Bonchev–Trinajstić information content (AvgIpc) is 3.71. The van der Waals surface area contributed by atoms with Crippen molar-refractivity contribution in [1.82, 2.24) is 9.47 Å². The number of hydrogen-bond donors (Lipinski definition) is 2. The molecule has 202 valence electrons. The number of carboxylic acid groups (broad SMARTS) is 1. The van der Waals surface area contributed by atoms with E-state index in [2.05, 4.69) is 47.0 Å². The molecular weight excluding hydrogens is 516 g/mol. The third kappa shape index (κ3) is 5.46. The first-order valence-corrected chi connectivity index (χ1v) is 15.2. The lowest BCUT2D eigenvalue weighted by Gasteiger charge is -2.38. The van der Waals surface area contributed by atoms with Crippen LogP contribution in [-0.4, -0.2) is 58.0 Å². The summed E-state index contributed by atoms with van der Waals surface area (Å²) in [6.07, 6.45) is 7.90. The zero-order valence-corrected chi connectivity index (χ0v) is 23.4. The molecular formula is C30H36N2O4S2. The van der Waals surface area contributed by atoms with Crippen LogP contribution in [0.25, 0.3) is 10.9 Å². The molecule has 1 aliphatic carbocycles. The lowest BCUT2D eigenvalue weighted by Crippen LogP contribution is -2.44. The lowest BCUT2D eigenvalue weighted by molar-refractivity contribution is -0.170. The van der Waals surface area contributed by atoms with Crippen LogP contribution in [0.5, 0.6) is 0 Å². The predicted molar refractivity (Wildman–Crippen MR) is 154 cm³/mol. The van der Waals surface area contributed by atoms with Crippen molar-refractivity contribution in [1.29, 1.82) is 0 Å². The van der Waals surface area contributed by atoms with Crippen LogP contribution < -0.4 is 0 Å². The Balaban J connectivity index is 1.17. The first-order valence-electron chi connectivity index (χ1n) is 13.4. The Labute approximate surface area is 232 Å². The Hall–Kier alpha value is -2.49. The van der Waals surface area contributed by atoms with Gasteiger partial charge in [-0.15, -0.1) is 22.7 Å². The van der Waals surface area contributed by atoms with E-state index in [1.165, 1.54) is 39.1 Å². The fraction of sp³-hybridized carbons (Fsp3) is 0.433. The molecule has 0 atom stereocenters. The van der Waals surface area contributed by atoms with Crippen LogP contribution in [-0.2, 0) is 28.1 Å². The van der Waals surface area contributed by atoms with Crippen LogP contribution >= 0.6 is 22.7 Å². The summed E-state index contributed by atoms with van der Waals surface area (Å²) in [5.74, 6) is -0.943. The van der Waals surface area contributed by atoms with Crippen molar-refractivity contribution in [3.63, 3.8) is 0 Å². The number of aryl methyl sites for hydroxylation is 1. The molecule has 0 bridgehead atoms. The Morgan fingerprint density at radius 3 is 2.34 bits per heavy atom. The number of aliphatic hydroxyl groups is 1. The van der Waals surface area contributed by atoms with Crippen molar-refractivity contribution in [2.45, 2.75) is 62.8 Å². The number of carboxylic acids is 1. The molecule has 1 aliphatic rings. The maximum Gasteiger partial charge on any atom is 0.347 e. The number of para-hydroxylation sites is 1. The van der Waals surface area contributed by atoms with Crippen molar-refractivity contribution in [2.24, 2.45) is 0 Å².